The van der Waals surface area contributed by atoms with Crippen molar-refractivity contribution in [2.45, 2.75) is 32.2 Å². The van der Waals surface area contributed by atoms with Gasteiger partial charge in [-0.2, -0.15) is 0 Å². The van der Waals surface area contributed by atoms with Crippen LogP contribution in [0.2, 0.25) is 5.02 Å². The Hall–Kier alpha value is -2.58. The molecule has 3 heterocycles. The minimum atomic E-state index is -0.139. The van der Waals surface area contributed by atoms with Gasteiger partial charge in [-0.3, -0.25) is 4.79 Å². The molecule has 1 fully saturated rings. The summed E-state index contributed by atoms with van der Waals surface area (Å²) >= 11 is 7.41. The minimum absolute atomic E-state index is 0.0218. The molecule has 0 aliphatic carbocycles. The van der Waals surface area contributed by atoms with E-state index < -0.39 is 0 Å². The first-order valence-corrected chi connectivity index (χ1v) is 11.1. The molecule has 0 radical (unpaired) electrons. The molecule has 9 heteroatoms. The Morgan fingerprint density at radius 1 is 1.37 bits per heavy atom. The standard InChI is InChI=1S/C21H23ClN6OS/c1-4-16-19(30-26-25-16)20(29)28-10-6-9-17(28)18-15(12-23-21(24-18)27(2)3)13-7-5-8-14(22)11-13/h5,7-8,11-12,17H,4,6,9-10H2,1-3H3. The molecule has 1 amide bonds. The topological polar surface area (TPSA) is 75.1 Å². The van der Waals surface area contributed by atoms with Crippen LogP contribution >= 0.6 is 23.1 Å². The van der Waals surface area contributed by atoms with Crippen LogP contribution in [0.1, 0.15) is 46.9 Å². The van der Waals surface area contributed by atoms with E-state index in [0.29, 0.717) is 28.8 Å². The smallest absolute Gasteiger partial charge is 0.268 e. The van der Waals surface area contributed by atoms with Gasteiger partial charge < -0.3 is 9.80 Å². The zero-order chi connectivity index (χ0) is 21.3. The van der Waals surface area contributed by atoms with Gasteiger partial charge in [-0.15, -0.1) is 5.10 Å². The Morgan fingerprint density at radius 2 is 2.20 bits per heavy atom. The number of nitrogens with zero attached hydrogens (tertiary/aromatic N) is 6. The summed E-state index contributed by atoms with van der Waals surface area (Å²) in [6, 6.07) is 7.51. The Balaban J connectivity index is 1.79. The Labute approximate surface area is 184 Å². The third kappa shape index (κ3) is 3.89. The molecule has 1 unspecified atom stereocenters. The summed E-state index contributed by atoms with van der Waals surface area (Å²) in [5, 5.41) is 4.76. The molecule has 7 nitrogen and oxygen atoms in total. The van der Waals surface area contributed by atoms with Gasteiger partial charge in [-0.1, -0.05) is 35.1 Å². The third-order valence-electron chi connectivity index (χ3n) is 5.26. The van der Waals surface area contributed by atoms with Crippen LogP contribution in [0.4, 0.5) is 5.95 Å². The summed E-state index contributed by atoms with van der Waals surface area (Å²) in [4.78, 5) is 27.2. The SMILES string of the molecule is CCc1nnsc1C(=O)N1CCCC1c1nc(N(C)C)ncc1-c1cccc(Cl)c1. The number of benzene rings is 1. The van der Waals surface area contributed by atoms with Gasteiger partial charge in [0.2, 0.25) is 5.95 Å². The number of carbonyl (C=O) groups excluding carboxylic acids is 1. The van der Waals surface area contributed by atoms with E-state index in [-0.39, 0.29) is 11.9 Å². The molecule has 1 saturated heterocycles. The van der Waals surface area contributed by atoms with Crippen molar-refractivity contribution < 1.29 is 4.79 Å². The van der Waals surface area contributed by atoms with E-state index in [1.54, 1.807) is 0 Å². The molecule has 0 bridgehead atoms. The van der Waals surface area contributed by atoms with Gasteiger partial charge in [0.15, 0.2) is 0 Å². The maximum absolute atomic E-state index is 13.4. The number of hydrogen-bond donors (Lipinski definition) is 0. The van der Waals surface area contributed by atoms with E-state index in [1.165, 1.54) is 11.5 Å². The second-order valence-corrected chi connectivity index (χ2v) is 8.62. The van der Waals surface area contributed by atoms with Gasteiger partial charge in [0, 0.05) is 37.4 Å². The van der Waals surface area contributed by atoms with Crippen LogP contribution in [0.15, 0.2) is 30.5 Å². The van der Waals surface area contributed by atoms with Gasteiger partial charge in [-0.05, 0) is 48.5 Å². The fraction of sp³-hybridized carbons (Fsp3) is 0.381. The van der Waals surface area contributed by atoms with E-state index in [2.05, 4.69) is 14.6 Å². The first-order valence-electron chi connectivity index (χ1n) is 9.92. The van der Waals surface area contributed by atoms with E-state index in [1.807, 2.05) is 61.3 Å². The number of hydrogen-bond acceptors (Lipinski definition) is 7. The monoisotopic (exact) mass is 442 g/mol. The predicted octanol–water partition coefficient (Wildman–Crippen LogP) is 4.25. The van der Waals surface area contributed by atoms with E-state index in [4.69, 9.17) is 16.6 Å². The predicted molar refractivity (Wildman–Crippen MR) is 119 cm³/mol. The highest BCUT2D eigenvalue weighted by Gasteiger charge is 2.35. The number of rotatable bonds is 5. The van der Waals surface area contributed by atoms with Gasteiger partial charge in [0.05, 0.1) is 17.4 Å². The second kappa shape index (κ2) is 8.65. The van der Waals surface area contributed by atoms with Crippen molar-refractivity contribution in [1.82, 2.24) is 24.5 Å². The van der Waals surface area contributed by atoms with Crippen molar-refractivity contribution in [2.24, 2.45) is 0 Å². The number of anilines is 1. The quantitative estimate of drug-likeness (QED) is 0.587. The van der Waals surface area contributed by atoms with Crippen LogP contribution in [0, 0.1) is 0 Å². The zero-order valence-corrected chi connectivity index (χ0v) is 18.7. The Bertz CT molecular complexity index is 1070. The largest absolute Gasteiger partial charge is 0.347 e. The first kappa shape index (κ1) is 20.7. The average molecular weight is 443 g/mol. The molecule has 1 aromatic carbocycles. The van der Waals surface area contributed by atoms with E-state index >= 15 is 0 Å². The molecule has 0 saturated carbocycles. The number of amides is 1. The molecular formula is C21H23ClN6OS. The van der Waals surface area contributed by atoms with Gasteiger partial charge in [0.1, 0.15) is 4.88 Å². The van der Waals surface area contributed by atoms with Crippen LogP contribution in [0.5, 0.6) is 0 Å². The maximum Gasteiger partial charge on any atom is 0.268 e. The molecule has 156 valence electrons. The molecule has 1 aliphatic heterocycles. The average Bonchev–Trinajstić information content (AvgIpc) is 3.42. The Morgan fingerprint density at radius 3 is 2.93 bits per heavy atom. The van der Waals surface area contributed by atoms with Crippen molar-refractivity contribution in [3.05, 3.63) is 51.7 Å². The molecule has 3 aromatic rings. The second-order valence-electron chi connectivity index (χ2n) is 7.43. The molecule has 1 atom stereocenters. The lowest BCUT2D eigenvalue weighted by Gasteiger charge is -2.26. The van der Waals surface area contributed by atoms with E-state index in [0.717, 1.165) is 35.4 Å². The third-order valence-corrected chi connectivity index (χ3v) is 6.25. The first-order chi connectivity index (χ1) is 14.5. The molecular weight excluding hydrogens is 420 g/mol. The zero-order valence-electron chi connectivity index (χ0n) is 17.2. The van der Waals surface area contributed by atoms with Crippen molar-refractivity contribution in [2.75, 3.05) is 25.5 Å². The fourth-order valence-corrected chi connectivity index (χ4v) is 4.66. The van der Waals surface area contributed by atoms with Crippen LogP contribution in [0.3, 0.4) is 0 Å². The van der Waals surface area contributed by atoms with Crippen LogP contribution in [-0.2, 0) is 6.42 Å². The highest BCUT2D eigenvalue weighted by molar-refractivity contribution is 7.08. The molecule has 0 spiro atoms. The minimum Gasteiger partial charge on any atom is -0.347 e. The van der Waals surface area contributed by atoms with E-state index in [9.17, 15) is 4.79 Å². The maximum atomic E-state index is 13.4. The molecule has 2 aromatic heterocycles. The number of carbonyl (C=O) groups is 1. The van der Waals surface area contributed by atoms with Crippen LogP contribution in [0.25, 0.3) is 11.1 Å². The lowest BCUT2D eigenvalue weighted by molar-refractivity contribution is 0.0737. The van der Waals surface area contributed by atoms with Crippen LogP contribution in [-0.4, -0.2) is 51.0 Å². The van der Waals surface area contributed by atoms with Crippen molar-refractivity contribution >= 4 is 35.0 Å². The molecule has 0 N–H and O–H groups in total. The fourth-order valence-electron chi connectivity index (χ4n) is 3.76. The summed E-state index contributed by atoms with van der Waals surface area (Å²) in [5.41, 5.74) is 3.43. The summed E-state index contributed by atoms with van der Waals surface area (Å²) < 4.78 is 3.99. The van der Waals surface area contributed by atoms with Gasteiger partial charge in [-0.25, -0.2) is 9.97 Å². The summed E-state index contributed by atoms with van der Waals surface area (Å²) in [5.74, 6) is 0.593. The summed E-state index contributed by atoms with van der Waals surface area (Å²) in [7, 11) is 3.82. The van der Waals surface area contributed by atoms with Crippen LogP contribution < -0.4 is 4.90 Å². The van der Waals surface area contributed by atoms with Gasteiger partial charge in [0.25, 0.3) is 5.91 Å². The highest BCUT2D eigenvalue weighted by atomic mass is 35.5. The number of halogens is 1. The normalized spacial score (nSPS) is 16.1. The summed E-state index contributed by atoms with van der Waals surface area (Å²) in [6.07, 6.45) is 4.27. The van der Waals surface area contributed by atoms with Crippen molar-refractivity contribution in [1.29, 1.82) is 0 Å². The molecule has 4 rings (SSSR count). The lowest BCUT2D eigenvalue weighted by Crippen LogP contribution is -2.31. The number of aryl methyl sites for hydroxylation is 1. The van der Waals surface area contributed by atoms with Gasteiger partial charge >= 0.3 is 0 Å². The lowest BCUT2D eigenvalue weighted by atomic mass is 9.99. The Kier molecular flexibility index (Phi) is 5.97. The molecule has 30 heavy (non-hydrogen) atoms. The number of aromatic nitrogens is 4. The number of likely N-dealkylation sites (tertiary alicyclic amines) is 1. The van der Waals surface area contributed by atoms with Crippen molar-refractivity contribution in [3.63, 3.8) is 0 Å². The molecule has 1 aliphatic rings. The highest BCUT2D eigenvalue weighted by Crippen LogP contribution is 2.38. The summed E-state index contributed by atoms with van der Waals surface area (Å²) in [6.45, 7) is 2.67. The van der Waals surface area contributed by atoms with Crippen molar-refractivity contribution in [3.8, 4) is 11.1 Å².